The first-order valence-electron chi connectivity index (χ1n) is 6.91. The highest BCUT2D eigenvalue weighted by Gasteiger charge is 2.16. The maximum Gasteiger partial charge on any atom is 0.242 e. The molecule has 1 aromatic carbocycles. The summed E-state index contributed by atoms with van der Waals surface area (Å²) in [6, 6.07) is 3.18. The fourth-order valence-electron chi connectivity index (χ4n) is 1.88. The van der Waals surface area contributed by atoms with E-state index in [4.69, 9.17) is 14.2 Å². The zero-order valence-corrected chi connectivity index (χ0v) is 13.3. The Hall–Kier alpha value is -2.11. The average Bonchev–Trinajstić information content (AvgIpc) is 2.51. The molecule has 0 spiro atoms. The minimum atomic E-state index is -0.362. The van der Waals surface area contributed by atoms with Gasteiger partial charge < -0.3 is 24.8 Å². The van der Waals surface area contributed by atoms with Gasteiger partial charge in [0, 0.05) is 24.4 Å². The predicted octanol–water partition coefficient (Wildman–Crippen LogP) is 2.04. The third-order valence-corrected chi connectivity index (χ3v) is 2.99. The molecule has 0 radical (unpaired) electrons. The zero-order chi connectivity index (χ0) is 15.8. The number of hydrogen-bond acceptors (Lipinski definition) is 5. The molecule has 6 heteroatoms. The van der Waals surface area contributed by atoms with Gasteiger partial charge in [-0.05, 0) is 13.3 Å². The van der Waals surface area contributed by atoms with E-state index in [-0.39, 0.29) is 11.9 Å². The predicted molar refractivity (Wildman–Crippen MR) is 82.5 cm³/mol. The van der Waals surface area contributed by atoms with E-state index in [1.54, 1.807) is 40.4 Å². The molecule has 0 bridgehead atoms. The van der Waals surface area contributed by atoms with Crippen LogP contribution in [0.25, 0.3) is 0 Å². The third-order valence-electron chi connectivity index (χ3n) is 2.99. The highest BCUT2D eigenvalue weighted by molar-refractivity contribution is 5.84. The molecule has 1 rings (SSSR count). The number of amides is 1. The molecule has 0 heterocycles. The lowest BCUT2D eigenvalue weighted by molar-refractivity contribution is -0.121. The van der Waals surface area contributed by atoms with Crippen molar-refractivity contribution >= 4 is 11.6 Å². The molecule has 0 saturated carbocycles. The lowest BCUT2D eigenvalue weighted by Gasteiger charge is -2.18. The standard InChI is InChI=1S/C15H24N2O4/c1-6-7-16-15(18)10(2)17-11-8-12(19-3)14(21-5)13(9-11)20-4/h8-10,17H,6-7H2,1-5H3,(H,16,18). The Morgan fingerprint density at radius 1 is 1.14 bits per heavy atom. The number of carbonyl (C=O) groups is 1. The SMILES string of the molecule is CCCNC(=O)C(C)Nc1cc(OC)c(OC)c(OC)c1. The van der Waals surface area contributed by atoms with E-state index in [1.807, 2.05) is 6.92 Å². The van der Waals surface area contributed by atoms with E-state index in [9.17, 15) is 4.79 Å². The Kier molecular flexibility index (Phi) is 6.65. The van der Waals surface area contributed by atoms with Crippen LogP contribution >= 0.6 is 0 Å². The van der Waals surface area contributed by atoms with Crippen molar-refractivity contribution in [3.63, 3.8) is 0 Å². The second-order valence-electron chi connectivity index (χ2n) is 4.57. The van der Waals surface area contributed by atoms with Crippen molar-refractivity contribution in [2.24, 2.45) is 0 Å². The van der Waals surface area contributed by atoms with E-state index in [0.717, 1.165) is 12.1 Å². The van der Waals surface area contributed by atoms with Gasteiger partial charge in [0.15, 0.2) is 11.5 Å². The van der Waals surface area contributed by atoms with Crippen molar-refractivity contribution in [2.45, 2.75) is 26.3 Å². The summed E-state index contributed by atoms with van der Waals surface area (Å²) in [6.07, 6.45) is 0.905. The van der Waals surface area contributed by atoms with Gasteiger partial charge in [0.1, 0.15) is 6.04 Å². The molecule has 21 heavy (non-hydrogen) atoms. The van der Waals surface area contributed by atoms with Gasteiger partial charge in [-0.25, -0.2) is 0 Å². The van der Waals surface area contributed by atoms with Gasteiger partial charge in [0.2, 0.25) is 11.7 Å². The van der Waals surface area contributed by atoms with Crippen LogP contribution in [-0.4, -0.2) is 39.8 Å². The van der Waals surface area contributed by atoms with Crippen LogP contribution in [0.3, 0.4) is 0 Å². The fraction of sp³-hybridized carbons (Fsp3) is 0.533. The van der Waals surface area contributed by atoms with E-state index in [0.29, 0.717) is 23.8 Å². The molecule has 118 valence electrons. The number of nitrogens with one attached hydrogen (secondary N) is 2. The Morgan fingerprint density at radius 3 is 2.14 bits per heavy atom. The van der Waals surface area contributed by atoms with Crippen molar-refractivity contribution in [2.75, 3.05) is 33.2 Å². The number of carbonyl (C=O) groups excluding carboxylic acids is 1. The van der Waals surface area contributed by atoms with Gasteiger partial charge in [-0.2, -0.15) is 0 Å². The summed E-state index contributed by atoms with van der Waals surface area (Å²) in [4.78, 5) is 11.9. The van der Waals surface area contributed by atoms with Crippen LogP contribution in [0.15, 0.2) is 12.1 Å². The Morgan fingerprint density at radius 2 is 1.71 bits per heavy atom. The molecular formula is C15H24N2O4. The van der Waals surface area contributed by atoms with Gasteiger partial charge in [0.05, 0.1) is 21.3 Å². The minimum absolute atomic E-state index is 0.0504. The smallest absolute Gasteiger partial charge is 0.242 e. The molecule has 0 aliphatic carbocycles. The third kappa shape index (κ3) is 4.44. The monoisotopic (exact) mass is 296 g/mol. The number of benzene rings is 1. The second-order valence-corrected chi connectivity index (χ2v) is 4.57. The molecule has 2 N–H and O–H groups in total. The van der Waals surface area contributed by atoms with Crippen molar-refractivity contribution in [1.82, 2.24) is 5.32 Å². The van der Waals surface area contributed by atoms with Crippen LogP contribution in [0, 0.1) is 0 Å². The molecule has 1 atom stereocenters. The second kappa shape index (κ2) is 8.24. The maximum absolute atomic E-state index is 11.9. The summed E-state index contributed by atoms with van der Waals surface area (Å²) >= 11 is 0. The topological polar surface area (TPSA) is 68.8 Å². The molecule has 0 saturated heterocycles. The van der Waals surface area contributed by atoms with Gasteiger partial charge in [-0.1, -0.05) is 6.92 Å². The normalized spacial score (nSPS) is 11.5. The van der Waals surface area contributed by atoms with Gasteiger partial charge in [-0.3, -0.25) is 4.79 Å². The van der Waals surface area contributed by atoms with E-state index in [1.165, 1.54) is 0 Å². The Bertz CT molecular complexity index is 452. The number of ether oxygens (including phenoxy) is 3. The van der Waals surface area contributed by atoms with E-state index < -0.39 is 0 Å². The zero-order valence-electron chi connectivity index (χ0n) is 13.3. The summed E-state index contributed by atoms with van der Waals surface area (Å²) in [6.45, 7) is 4.48. The lowest BCUT2D eigenvalue weighted by atomic mass is 10.2. The Balaban J connectivity index is 2.90. The molecule has 1 unspecified atom stereocenters. The number of hydrogen-bond donors (Lipinski definition) is 2. The minimum Gasteiger partial charge on any atom is -0.493 e. The molecule has 1 amide bonds. The highest BCUT2D eigenvalue weighted by Crippen LogP contribution is 2.40. The molecule has 0 fully saturated rings. The summed E-state index contributed by atoms with van der Waals surface area (Å²) in [5.74, 6) is 1.56. The first-order chi connectivity index (χ1) is 10.1. The summed E-state index contributed by atoms with van der Waals surface area (Å²) in [5, 5.41) is 5.97. The van der Waals surface area contributed by atoms with Gasteiger partial charge in [0.25, 0.3) is 0 Å². The number of rotatable bonds is 8. The van der Waals surface area contributed by atoms with Crippen molar-refractivity contribution in [1.29, 1.82) is 0 Å². The molecular weight excluding hydrogens is 272 g/mol. The molecule has 1 aromatic rings. The molecule has 0 aliphatic heterocycles. The van der Waals surface area contributed by atoms with Crippen LogP contribution in [0.2, 0.25) is 0 Å². The molecule has 0 aromatic heterocycles. The van der Waals surface area contributed by atoms with Crippen LogP contribution in [-0.2, 0) is 4.79 Å². The first-order valence-corrected chi connectivity index (χ1v) is 6.91. The first kappa shape index (κ1) is 16.9. The van der Waals surface area contributed by atoms with Gasteiger partial charge in [-0.15, -0.1) is 0 Å². The maximum atomic E-state index is 11.9. The quantitative estimate of drug-likeness (QED) is 0.768. The van der Waals surface area contributed by atoms with Crippen LogP contribution in [0.1, 0.15) is 20.3 Å². The van der Waals surface area contributed by atoms with Crippen LogP contribution in [0.4, 0.5) is 5.69 Å². The lowest BCUT2D eigenvalue weighted by Crippen LogP contribution is -2.37. The summed E-state index contributed by atoms with van der Waals surface area (Å²) < 4.78 is 15.8. The van der Waals surface area contributed by atoms with Crippen molar-refractivity contribution in [3.8, 4) is 17.2 Å². The van der Waals surface area contributed by atoms with Crippen molar-refractivity contribution in [3.05, 3.63) is 12.1 Å². The average molecular weight is 296 g/mol. The number of methoxy groups -OCH3 is 3. The fourth-order valence-corrected chi connectivity index (χ4v) is 1.88. The van der Waals surface area contributed by atoms with Crippen LogP contribution < -0.4 is 24.8 Å². The highest BCUT2D eigenvalue weighted by atomic mass is 16.5. The summed E-state index contributed by atoms with van der Waals surface area (Å²) in [5.41, 5.74) is 0.726. The van der Waals surface area contributed by atoms with E-state index >= 15 is 0 Å². The molecule has 0 aliphatic rings. The van der Waals surface area contributed by atoms with E-state index in [2.05, 4.69) is 10.6 Å². The van der Waals surface area contributed by atoms with Crippen LogP contribution in [0.5, 0.6) is 17.2 Å². The molecule has 6 nitrogen and oxygen atoms in total. The largest absolute Gasteiger partial charge is 0.493 e. The van der Waals surface area contributed by atoms with Crippen molar-refractivity contribution < 1.29 is 19.0 Å². The Labute approximate surface area is 125 Å². The summed E-state index contributed by atoms with van der Waals surface area (Å²) in [7, 11) is 4.66. The van der Waals surface area contributed by atoms with Gasteiger partial charge >= 0.3 is 0 Å². The number of anilines is 1.